The van der Waals surface area contributed by atoms with E-state index in [1.165, 1.54) is 44.1 Å². The molecule has 1 aromatic rings. The van der Waals surface area contributed by atoms with Crippen molar-refractivity contribution in [3.05, 3.63) is 17.0 Å². The van der Waals surface area contributed by atoms with Crippen molar-refractivity contribution in [1.29, 1.82) is 0 Å². The molecule has 1 saturated carbocycles. The summed E-state index contributed by atoms with van der Waals surface area (Å²) in [6, 6.07) is 0.772. The van der Waals surface area contributed by atoms with Crippen molar-refractivity contribution in [3.63, 3.8) is 0 Å². The summed E-state index contributed by atoms with van der Waals surface area (Å²) in [6.45, 7) is 7.35. The SMILES string of the molecule is Cc1nc(SCCCNC2CCCCC2)nc(C)c1C. The van der Waals surface area contributed by atoms with E-state index >= 15 is 0 Å². The van der Waals surface area contributed by atoms with Crippen LogP contribution in [0, 0.1) is 20.8 Å². The second-order valence-electron chi connectivity index (χ2n) is 5.79. The highest BCUT2D eigenvalue weighted by molar-refractivity contribution is 7.99. The maximum atomic E-state index is 4.55. The van der Waals surface area contributed by atoms with Crippen molar-refractivity contribution in [2.24, 2.45) is 0 Å². The smallest absolute Gasteiger partial charge is 0.187 e. The minimum absolute atomic E-state index is 0.772. The van der Waals surface area contributed by atoms with Gasteiger partial charge in [0.05, 0.1) is 0 Å². The van der Waals surface area contributed by atoms with Crippen molar-refractivity contribution in [3.8, 4) is 0 Å². The maximum absolute atomic E-state index is 4.55. The van der Waals surface area contributed by atoms with Crippen molar-refractivity contribution >= 4 is 11.8 Å². The molecule has 1 aliphatic rings. The maximum Gasteiger partial charge on any atom is 0.187 e. The minimum atomic E-state index is 0.772. The van der Waals surface area contributed by atoms with Crippen LogP contribution in [0.3, 0.4) is 0 Å². The average molecular weight is 293 g/mol. The summed E-state index contributed by atoms with van der Waals surface area (Å²) in [4.78, 5) is 9.10. The number of rotatable bonds is 6. The van der Waals surface area contributed by atoms with E-state index in [0.29, 0.717) is 0 Å². The van der Waals surface area contributed by atoms with Crippen LogP contribution in [0.15, 0.2) is 5.16 Å². The number of hydrogen-bond acceptors (Lipinski definition) is 4. The van der Waals surface area contributed by atoms with Gasteiger partial charge in [0.2, 0.25) is 0 Å². The third-order valence-electron chi connectivity index (χ3n) is 4.20. The molecule has 112 valence electrons. The molecule has 0 amide bonds. The summed E-state index contributed by atoms with van der Waals surface area (Å²) < 4.78 is 0. The van der Waals surface area contributed by atoms with Gasteiger partial charge < -0.3 is 5.32 Å². The molecule has 0 unspecified atom stereocenters. The number of hydrogen-bond donors (Lipinski definition) is 1. The zero-order valence-corrected chi connectivity index (χ0v) is 13.9. The van der Waals surface area contributed by atoms with Gasteiger partial charge in [-0.3, -0.25) is 0 Å². The molecule has 1 N–H and O–H groups in total. The molecule has 1 aliphatic carbocycles. The van der Waals surface area contributed by atoms with Gasteiger partial charge in [-0.1, -0.05) is 31.0 Å². The number of nitrogens with one attached hydrogen (secondary N) is 1. The molecule has 4 heteroatoms. The van der Waals surface area contributed by atoms with Gasteiger partial charge in [0.25, 0.3) is 0 Å². The molecule has 3 nitrogen and oxygen atoms in total. The van der Waals surface area contributed by atoms with Crippen molar-refractivity contribution in [2.75, 3.05) is 12.3 Å². The molecule has 0 atom stereocenters. The summed E-state index contributed by atoms with van der Waals surface area (Å²) in [5.41, 5.74) is 3.44. The molecule has 0 radical (unpaired) electrons. The zero-order chi connectivity index (χ0) is 14.4. The normalized spacial score (nSPS) is 16.6. The molecule has 0 bridgehead atoms. The lowest BCUT2D eigenvalue weighted by Crippen LogP contribution is -2.31. The Bertz CT molecular complexity index is 405. The molecule has 0 aromatic carbocycles. The van der Waals surface area contributed by atoms with E-state index in [4.69, 9.17) is 0 Å². The molecule has 1 aromatic heterocycles. The van der Waals surface area contributed by atoms with E-state index in [-0.39, 0.29) is 0 Å². The third kappa shape index (κ3) is 4.74. The second-order valence-corrected chi connectivity index (χ2v) is 6.86. The Labute approximate surface area is 127 Å². The number of thioether (sulfide) groups is 1. The fourth-order valence-electron chi connectivity index (χ4n) is 2.65. The fourth-order valence-corrected chi connectivity index (χ4v) is 3.53. The van der Waals surface area contributed by atoms with Crippen LogP contribution in [0.2, 0.25) is 0 Å². The molecular weight excluding hydrogens is 266 g/mol. The molecule has 0 spiro atoms. The number of nitrogens with zero attached hydrogens (tertiary/aromatic N) is 2. The predicted octanol–water partition coefficient (Wildman–Crippen LogP) is 3.81. The molecule has 0 aliphatic heterocycles. The number of aromatic nitrogens is 2. The summed E-state index contributed by atoms with van der Waals surface area (Å²) in [7, 11) is 0. The molecule has 20 heavy (non-hydrogen) atoms. The van der Waals surface area contributed by atoms with Gasteiger partial charge in [-0.2, -0.15) is 0 Å². The monoisotopic (exact) mass is 293 g/mol. The first-order valence-corrected chi connectivity index (χ1v) is 8.83. The standard InChI is InChI=1S/C16H27N3S/c1-12-13(2)18-16(19-14(12)3)20-11-7-10-17-15-8-5-4-6-9-15/h15,17H,4-11H2,1-3H3. The highest BCUT2D eigenvalue weighted by Crippen LogP contribution is 2.19. The summed E-state index contributed by atoms with van der Waals surface area (Å²) in [5, 5.41) is 4.62. The molecular formula is C16H27N3S. The van der Waals surface area contributed by atoms with Gasteiger partial charge in [0.1, 0.15) is 0 Å². The molecule has 0 saturated heterocycles. The Kier molecular flexibility index (Phi) is 6.30. The van der Waals surface area contributed by atoms with Crippen LogP contribution in [0.4, 0.5) is 0 Å². The van der Waals surface area contributed by atoms with Gasteiger partial charge in [0, 0.05) is 23.2 Å². The molecule has 1 heterocycles. The highest BCUT2D eigenvalue weighted by Gasteiger charge is 2.11. The lowest BCUT2D eigenvalue weighted by molar-refractivity contribution is 0.375. The Balaban J connectivity index is 1.65. The minimum Gasteiger partial charge on any atom is -0.314 e. The quantitative estimate of drug-likeness (QED) is 0.492. The Morgan fingerprint density at radius 2 is 1.70 bits per heavy atom. The van der Waals surface area contributed by atoms with E-state index < -0.39 is 0 Å². The average Bonchev–Trinajstić information content (AvgIpc) is 2.45. The van der Waals surface area contributed by atoms with Crippen LogP contribution in [-0.4, -0.2) is 28.3 Å². The number of aryl methyl sites for hydroxylation is 2. The third-order valence-corrected chi connectivity index (χ3v) is 5.14. The van der Waals surface area contributed by atoms with E-state index in [2.05, 4.69) is 36.1 Å². The zero-order valence-electron chi connectivity index (χ0n) is 13.0. The van der Waals surface area contributed by atoms with E-state index in [1.807, 2.05) is 0 Å². The van der Waals surface area contributed by atoms with E-state index in [1.54, 1.807) is 11.8 Å². The van der Waals surface area contributed by atoms with Crippen LogP contribution >= 0.6 is 11.8 Å². The second kappa shape index (κ2) is 7.99. The Hall–Kier alpha value is -0.610. The first-order valence-electron chi connectivity index (χ1n) is 7.85. The van der Waals surface area contributed by atoms with Crippen LogP contribution in [-0.2, 0) is 0 Å². The van der Waals surface area contributed by atoms with E-state index in [9.17, 15) is 0 Å². The summed E-state index contributed by atoms with van der Waals surface area (Å²) in [5.74, 6) is 1.10. The van der Waals surface area contributed by atoms with Crippen molar-refractivity contribution in [2.45, 2.75) is 70.5 Å². The lowest BCUT2D eigenvalue weighted by atomic mass is 9.95. The summed E-state index contributed by atoms with van der Waals surface area (Å²) >= 11 is 1.78. The summed E-state index contributed by atoms with van der Waals surface area (Å²) in [6.07, 6.45) is 8.16. The van der Waals surface area contributed by atoms with E-state index in [0.717, 1.165) is 34.9 Å². The van der Waals surface area contributed by atoms with Crippen LogP contribution in [0.5, 0.6) is 0 Å². The largest absolute Gasteiger partial charge is 0.314 e. The highest BCUT2D eigenvalue weighted by atomic mass is 32.2. The van der Waals surface area contributed by atoms with Crippen LogP contribution < -0.4 is 5.32 Å². The van der Waals surface area contributed by atoms with Gasteiger partial charge in [0.15, 0.2) is 5.16 Å². The van der Waals surface area contributed by atoms with Gasteiger partial charge in [-0.25, -0.2) is 9.97 Å². The Morgan fingerprint density at radius 1 is 1.05 bits per heavy atom. The molecule has 1 fully saturated rings. The topological polar surface area (TPSA) is 37.8 Å². The van der Waals surface area contributed by atoms with Gasteiger partial charge >= 0.3 is 0 Å². The first-order chi connectivity index (χ1) is 9.66. The van der Waals surface area contributed by atoms with Crippen molar-refractivity contribution < 1.29 is 0 Å². The van der Waals surface area contributed by atoms with Gasteiger partial charge in [-0.05, 0) is 52.1 Å². The lowest BCUT2D eigenvalue weighted by Gasteiger charge is -2.22. The Morgan fingerprint density at radius 3 is 2.35 bits per heavy atom. The van der Waals surface area contributed by atoms with Crippen LogP contribution in [0.1, 0.15) is 55.5 Å². The van der Waals surface area contributed by atoms with Crippen LogP contribution in [0.25, 0.3) is 0 Å². The van der Waals surface area contributed by atoms with Gasteiger partial charge in [-0.15, -0.1) is 0 Å². The first kappa shape index (κ1) is 15.8. The molecule has 2 rings (SSSR count). The van der Waals surface area contributed by atoms with Crippen molar-refractivity contribution in [1.82, 2.24) is 15.3 Å². The fraction of sp³-hybridized carbons (Fsp3) is 0.750. The predicted molar refractivity (Wildman–Crippen MR) is 86.5 cm³/mol.